The Kier molecular flexibility index (Phi) is 7.68. The van der Waals surface area contributed by atoms with Gasteiger partial charge in [-0.15, -0.1) is 0 Å². The third-order valence-corrected chi connectivity index (χ3v) is 7.24. The molecule has 1 heterocycles. The van der Waals surface area contributed by atoms with Crippen molar-refractivity contribution in [2.45, 2.75) is 58.3 Å². The molecular formula is C20H33N3O3S. The van der Waals surface area contributed by atoms with Crippen molar-refractivity contribution in [3.05, 3.63) is 18.2 Å². The highest BCUT2D eigenvalue weighted by Crippen LogP contribution is 2.31. The van der Waals surface area contributed by atoms with Crippen LogP contribution in [0.15, 0.2) is 23.1 Å². The second-order valence-corrected chi connectivity index (χ2v) is 9.05. The fourth-order valence-corrected chi connectivity index (χ4v) is 4.86. The lowest BCUT2D eigenvalue weighted by Crippen LogP contribution is -2.35. The van der Waals surface area contributed by atoms with Gasteiger partial charge >= 0.3 is 0 Å². The highest BCUT2D eigenvalue weighted by molar-refractivity contribution is 7.89. The summed E-state index contributed by atoms with van der Waals surface area (Å²) in [6.45, 7) is 10.6. The fourth-order valence-electron chi connectivity index (χ4n) is 3.31. The van der Waals surface area contributed by atoms with Crippen molar-refractivity contribution < 1.29 is 13.2 Å². The van der Waals surface area contributed by atoms with Gasteiger partial charge in [-0.3, -0.25) is 4.79 Å². The van der Waals surface area contributed by atoms with E-state index in [-0.39, 0.29) is 16.7 Å². The molecule has 0 aromatic heterocycles. The molecule has 0 saturated carbocycles. The Morgan fingerprint density at radius 1 is 1.15 bits per heavy atom. The minimum absolute atomic E-state index is 0.0848. The van der Waals surface area contributed by atoms with Crippen molar-refractivity contribution in [2.75, 3.05) is 36.4 Å². The number of sulfonamides is 1. The van der Waals surface area contributed by atoms with Crippen molar-refractivity contribution >= 4 is 27.3 Å². The first kappa shape index (κ1) is 21.7. The van der Waals surface area contributed by atoms with E-state index in [0.29, 0.717) is 18.8 Å². The summed E-state index contributed by atoms with van der Waals surface area (Å²) >= 11 is 0. The monoisotopic (exact) mass is 395 g/mol. The number of anilines is 2. The van der Waals surface area contributed by atoms with Gasteiger partial charge in [0.15, 0.2) is 0 Å². The smallest absolute Gasteiger partial charge is 0.243 e. The van der Waals surface area contributed by atoms with Crippen LogP contribution >= 0.6 is 0 Å². The third kappa shape index (κ3) is 5.02. The number of amides is 1. The second-order valence-electron chi connectivity index (χ2n) is 7.11. The van der Waals surface area contributed by atoms with Crippen molar-refractivity contribution in [2.24, 2.45) is 5.92 Å². The van der Waals surface area contributed by atoms with Gasteiger partial charge in [-0.05, 0) is 51.3 Å². The van der Waals surface area contributed by atoms with Crippen LogP contribution in [0.1, 0.15) is 53.4 Å². The van der Waals surface area contributed by atoms with Gasteiger partial charge in [0.05, 0.1) is 16.3 Å². The molecular weight excluding hydrogens is 362 g/mol. The molecule has 6 nitrogen and oxygen atoms in total. The SMILES string of the molecule is CCC(C)C(=O)Nc1cc(S(=O)(=O)N2CCCCC2)ccc1N(CC)CC. The Hall–Kier alpha value is -1.60. The van der Waals surface area contributed by atoms with Crippen LogP contribution in [-0.4, -0.2) is 44.8 Å². The van der Waals surface area contributed by atoms with Crippen LogP contribution in [0.2, 0.25) is 0 Å². The van der Waals surface area contributed by atoms with Crippen molar-refractivity contribution in [3.8, 4) is 0 Å². The first-order chi connectivity index (χ1) is 12.8. The number of nitrogens with zero attached hydrogens (tertiary/aromatic N) is 2. The second kappa shape index (κ2) is 9.55. The summed E-state index contributed by atoms with van der Waals surface area (Å²) in [6.07, 6.45) is 3.60. The highest BCUT2D eigenvalue weighted by atomic mass is 32.2. The maximum Gasteiger partial charge on any atom is 0.243 e. The fraction of sp³-hybridized carbons (Fsp3) is 0.650. The molecule has 0 spiro atoms. The number of carbonyl (C=O) groups excluding carboxylic acids is 1. The van der Waals surface area contributed by atoms with Crippen LogP contribution in [-0.2, 0) is 14.8 Å². The summed E-state index contributed by atoms with van der Waals surface area (Å²) in [6, 6.07) is 5.10. The highest BCUT2D eigenvalue weighted by Gasteiger charge is 2.27. The molecule has 2 rings (SSSR count). The Morgan fingerprint density at radius 3 is 2.33 bits per heavy atom. The molecule has 1 aliphatic heterocycles. The zero-order chi connectivity index (χ0) is 20.0. The van der Waals surface area contributed by atoms with Gasteiger partial charge in [0.25, 0.3) is 0 Å². The Balaban J connectivity index is 2.43. The molecule has 152 valence electrons. The van der Waals surface area contributed by atoms with E-state index in [4.69, 9.17) is 0 Å². The quantitative estimate of drug-likeness (QED) is 0.729. The van der Waals surface area contributed by atoms with E-state index in [1.807, 2.05) is 33.8 Å². The zero-order valence-corrected chi connectivity index (χ0v) is 17.8. The minimum Gasteiger partial charge on any atom is -0.370 e. The molecule has 0 aliphatic carbocycles. The predicted octanol–water partition coefficient (Wildman–Crippen LogP) is 3.69. The summed E-state index contributed by atoms with van der Waals surface area (Å²) in [7, 11) is -3.54. The Bertz CT molecular complexity index is 739. The molecule has 0 bridgehead atoms. The van der Waals surface area contributed by atoms with Crippen molar-refractivity contribution in [3.63, 3.8) is 0 Å². The van der Waals surface area contributed by atoms with Crippen LogP contribution in [0.5, 0.6) is 0 Å². The van der Waals surface area contributed by atoms with Gasteiger partial charge in [0, 0.05) is 32.1 Å². The summed E-state index contributed by atoms with van der Waals surface area (Å²) in [4.78, 5) is 14.8. The Morgan fingerprint density at radius 2 is 1.78 bits per heavy atom. The summed E-state index contributed by atoms with van der Waals surface area (Å²) in [5.74, 6) is -0.213. The molecule has 1 saturated heterocycles. The van der Waals surface area contributed by atoms with E-state index in [0.717, 1.165) is 44.5 Å². The summed E-state index contributed by atoms with van der Waals surface area (Å²) in [5, 5.41) is 2.96. The van der Waals surface area contributed by atoms with Crippen LogP contribution < -0.4 is 10.2 Å². The molecule has 7 heteroatoms. The number of hydrogen-bond donors (Lipinski definition) is 1. The van der Waals surface area contributed by atoms with E-state index >= 15 is 0 Å². The van der Waals surface area contributed by atoms with Crippen molar-refractivity contribution in [1.82, 2.24) is 4.31 Å². The number of piperidine rings is 1. The van der Waals surface area contributed by atoms with Gasteiger partial charge in [-0.25, -0.2) is 8.42 Å². The van der Waals surface area contributed by atoms with E-state index < -0.39 is 10.0 Å². The van der Waals surface area contributed by atoms with E-state index in [2.05, 4.69) is 10.2 Å². The minimum atomic E-state index is -3.54. The van der Waals surface area contributed by atoms with Gasteiger partial charge < -0.3 is 10.2 Å². The standard InChI is InChI=1S/C20H33N3O3S/c1-5-16(4)20(24)21-18-15-17(11-12-19(18)22(6-2)7-3)27(25,26)23-13-9-8-10-14-23/h11-12,15-16H,5-10,13-14H2,1-4H3,(H,21,24). The number of benzene rings is 1. The first-order valence-corrected chi connectivity index (χ1v) is 11.5. The van der Waals surface area contributed by atoms with Gasteiger partial charge in [-0.2, -0.15) is 4.31 Å². The number of nitrogens with one attached hydrogen (secondary N) is 1. The topological polar surface area (TPSA) is 69.7 Å². The molecule has 1 unspecified atom stereocenters. The van der Waals surface area contributed by atoms with Gasteiger partial charge in [0.1, 0.15) is 0 Å². The molecule has 1 fully saturated rings. The Labute approximate surface area is 164 Å². The van der Waals surface area contributed by atoms with Crippen LogP contribution in [0.3, 0.4) is 0 Å². The zero-order valence-electron chi connectivity index (χ0n) is 17.0. The van der Waals surface area contributed by atoms with E-state index in [1.54, 1.807) is 16.4 Å². The third-order valence-electron chi connectivity index (χ3n) is 5.34. The maximum absolute atomic E-state index is 13.0. The largest absolute Gasteiger partial charge is 0.370 e. The molecule has 1 aliphatic rings. The van der Waals surface area contributed by atoms with Gasteiger partial charge in [-0.1, -0.05) is 20.3 Å². The lowest BCUT2D eigenvalue weighted by atomic mass is 10.1. The molecule has 0 radical (unpaired) electrons. The van der Waals surface area contributed by atoms with Crippen LogP contribution in [0.25, 0.3) is 0 Å². The number of hydrogen-bond acceptors (Lipinski definition) is 4. The average molecular weight is 396 g/mol. The molecule has 27 heavy (non-hydrogen) atoms. The van der Waals surface area contributed by atoms with Crippen LogP contribution in [0.4, 0.5) is 11.4 Å². The lowest BCUT2D eigenvalue weighted by molar-refractivity contribution is -0.119. The average Bonchev–Trinajstić information content (AvgIpc) is 2.69. The normalized spacial score (nSPS) is 16.7. The number of rotatable bonds is 8. The number of carbonyl (C=O) groups is 1. The maximum atomic E-state index is 13.0. The summed E-state index contributed by atoms with van der Waals surface area (Å²) in [5.41, 5.74) is 1.43. The lowest BCUT2D eigenvalue weighted by Gasteiger charge is -2.28. The summed E-state index contributed by atoms with van der Waals surface area (Å²) < 4.78 is 27.6. The molecule has 1 amide bonds. The molecule has 1 aromatic rings. The molecule has 1 atom stereocenters. The van der Waals surface area contributed by atoms with Crippen LogP contribution in [0, 0.1) is 5.92 Å². The first-order valence-electron chi connectivity index (χ1n) is 10.0. The molecule has 1 N–H and O–H groups in total. The van der Waals surface area contributed by atoms with E-state index in [9.17, 15) is 13.2 Å². The molecule has 1 aromatic carbocycles. The van der Waals surface area contributed by atoms with Crippen molar-refractivity contribution in [1.29, 1.82) is 0 Å². The van der Waals surface area contributed by atoms with Gasteiger partial charge in [0.2, 0.25) is 15.9 Å². The van der Waals surface area contributed by atoms with E-state index in [1.165, 1.54) is 0 Å². The predicted molar refractivity (Wildman–Crippen MR) is 111 cm³/mol.